The van der Waals surface area contributed by atoms with Gasteiger partial charge in [-0.2, -0.15) is 0 Å². The molecule has 116 valence electrons. The Morgan fingerprint density at radius 3 is 2.64 bits per heavy atom. The molecular formula is C18H20O4. The number of ether oxygens (including phenoxy) is 2. The van der Waals surface area contributed by atoms with Crippen LogP contribution in [0.25, 0.3) is 0 Å². The molecule has 1 heterocycles. The first-order valence-electron chi connectivity index (χ1n) is 8.04. The van der Waals surface area contributed by atoms with Gasteiger partial charge in [-0.3, -0.25) is 9.59 Å². The summed E-state index contributed by atoms with van der Waals surface area (Å²) in [5.74, 6) is 0.356. The van der Waals surface area contributed by atoms with E-state index in [0.717, 1.165) is 37.0 Å². The van der Waals surface area contributed by atoms with E-state index in [1.165, 1.54) is 6.42 Å². The average molecular weight is 300 g/mol. The highest BCUT2D eigenvalue weighted by Crippen LogP contribution is 2.53. The molecule has 1 atom stereocenters. The fraction of sp³-hybridized carbons (Fsp3) is 0.556. The molecule has 1 aliphatic heterocycles. The summed E-state index contributed by atoms with van der Waals surface area (Å²) in [7, 11) is 1.61. The average Bonchev–Trinajstić information content (AvgIpc) is 2.95. The second-order valence-electron chi connectivity index (χ2n) is 6.92. The maximum absolute atomic E-state index is 12.9. The molecule has 2 fully saturated rings. The Hall–Kier alpha value is -1.84. The first-order valence-corrected chi connectivity index (χ1v) is 8.04. The van der Waals surface area contributed by atoms with Crippen molar-refractivity contribution in [2.24, 2.45) is 5.41 Å². The summed E-state index contributed by atoms with van der Waals surface area (Å²) in [5, 5.41) is 0. The Bertz CT molecular complexity index is 657. The molecule has 0 N–H and O–H groups in total. The van der Waals surface area contributed by atoms with Crippen molar-refractivity contribution in [3.05, 3.63) is 29.3 Å². The van der Waals surface area contributed by atoms with Gasteiger partial charge >= 0.3 is 5.97 Å². The SMILES string of the molecule is COc1ccc2c(c1)C[C@@]1(CC3(CCCCC3)OC1=O)C2=O. The van der Waals surface area contributed by atoms with Gasteiger partial charge in [0.1, 0.15) is 16.8 Å². The number of esters is 1. The Balaban J connectivity index is 1.71. The number of carbonyl (C=O) groups is 2. The van der Waals surface area contributed by atoms with E-state index in [1.54, 1.807) is 19.2 Å². The summed E-state index contributed by atoms with van der Waals surface area (Å²) < 4.78 is 11.0. The smallest absolute Gasteiger partial charge is 0.321 e. The van der Waals surface area contributed by atoms with Gasteiger partial charge < -0.3 is 9.47 Å². The molecule has 4 rings (SSSR count). The lowest BCUT2D eigenvalue weighted by molar-refractivity contribution is -0.154. The molecule has 2 spiro atoms. The van der Waals surface area contributed by atoms with Gasteiger partial charge in [-0.05, 0) is 55.9 Å². The zero-order valence-corrected chi connectivity index (χ0v) is 12.8. The zero-order chi connectivity index (χ0) is 15.4. The van der Waals surface area contributed by atoms with Crippen LogP contribution >= 0.6 is 0 Å². The van der Waals surface area contributed by atoms with E-state index in [-0.39, 0.29) is 11.8 Å². The topological polar surface area (TPSA) is 52.6 Å². The molecule has 0 radical (unpaired) electrons. The third kappa shape index (κ3) is 1.76. The molecule has 0 aromatic heterocycles. The fourth-order valence-corrected chi connectivity index (χ4v) is 4.46. The Kier molecular flexibility index (Phi) is 2.87. The molecule has 4 nitrogen and oxygen atoms in total. The summed E-state index contributed by atoms with van der Waals surface area (Å²) in [6.45, 7) is 0. The van der Waals surface area contributed by atoms with Crippen LogP contribution in [-0.4, -0.2) is 24.5 Å². The van der Waals surface area contributed by atoms with E-state index in [0.29, 0.717) is 18.4 Å². The van der Waals surface area contributed by atoms with Gasteiger partial charge in [-0.15, -0.1) is 0 Å². The molecule has 1 saturated carbocycles. The van der Waals surface area contributed by atoms with Gasteiger partial charge in [0.15, 0.2) is 5.78 Å². The maximum atomic E-state index is 12.9. The van der Waals surface area contributed by atoms with Crippen LogP contribution in [0.4, 0.5) is 0 Å². The maximum Gasteiger partial charge on any atom is 0.321 e. The zero-order valence-electron chi connectivity index (χ0n) is 12.8. The second-order valence-corrected chi connectivity index (χ2v) is 6.92. The first kappa shape index (κ1) is 13.8. The summed E-state index contributed by atoms with van der Waals surface area (Å²) in [6, 6.07) is 5.44. The van der Waals surface area contributed by atoms with Gasteiger partial charge in [0.05, 0.1) is 7.11 Å². The van der Waals surface area contributed by atoms with E-state index in [1.807, 2.05) is 6.07 Å². The highest BCUT2D eigenvalue weighted by Gasteiger charge is 2.63. The number of benzene rings is 1. The van der Waals surface area contributed by atoms with Crippen LogP contribution in [0.1, 0.15) is 54.4 Å². The third-order valence-electron chi connectivity index (χ3n) is 5.57. The highest BCUT2D eigenvalue weighted by molar-refractivity contribution is 6.17. The van der Waals surface area contributed by atoms with E-state index in [2.05, 4.69) is 0 Å². The minimum absolute atomic E-state index is 0.0578. The lowest BCUT2D eigenvalue weighted by Crippen LogP contribution is -2.35. The van der Waals surface area contributed by atoms with E-state index in [9.17, 15) is 9.59 Å². The standard InChI is InChI=1S/C18H20O4/c1-21-13-5-6-14-12(9-13)10-18(15(14)19)11-17(22-16(18)20)7-3-2-4-8-17/h5-6,9H,2-4,7-8,10-11H2,1H3/t18-/m1/s1. The molecular weight excluding hydrogens is 280 g/mol. The van der Waals surface area contributed by atoms with Gasteiger partial charge in [0.25, 0.3) is 0 Å². The number of Topliss-reactive ketones (excluding diaryl/α,β-unsaturated/α-hetero) is 1. The lowest BCUT2D eigenvalue weighted by Gasteiger charge is -2.32. The molecule has 0 amide bonds. The minimum Gasteiger partial charge on any atom is -0.497 e. The monoisotopic (exact) mass is 300 g/mol. The fourth-order valence-electron chi connectivity index (χ4n) is 4.46. The van der Waals surface area contributed by atoms with Crippen molar-refractivity contribution in [1.29, 1.82) is 0 Å². The molecule has 22 heavy (non-hydrogen) atoms. The van der Waals surface area contributed by atoms with Crippen LogP contribution in [0.2, 0.25) is 0 Å². The van der Waals surface area contributed by atoms with Crippen molar-refractivity contribution >= 4 is 11.8 Å². The highest BCUT2D eigenvalue weighted by atomic mass is 16.6. The number of hydrogen-bond acceptors (Lipinski definition) is 4. The quantitative estimate of drug-likeness (QED) is 0.591. The molecule has 2 aliphatic carbocycles. The van der Waals surface area contributed by atoms with E-state index >= 15 is 0 Å². The van der Waals surface area contributed by atoms with Gasteiger partial charge in [-0.25, -0.2) is 0 Å². The predicted molar refractivity (Wildman–Crippen MR) is 80.0 cm³/mol. The number of methoxy groups -OCH3 is 1. The molecule has 1 saturated heterocycles. The van der Waals surface area contributed by atoms with Gasteiger partial charge in [0.2, 0.25) is 0 Å². The first-order chi connectivity index (χ1) is 10.6. The van der Waals surface area contributed by atoms with E-state index in [4.69, 9.17) is 9.47 Å². The molecule has 3 aliphatic rings. The second kappa shape index (κ2) is 4.58. The van der Waals surface area contributed by atoms with Crippen LogP contribution in [0.5, 0.6) is 5.75 Å². The van der Waals surface area contributed by atoms with Crippen molar-refractivity contribution in [3.63, 3.8) is 0 Å². The van der Waals surface area contributed by atoms with Crippen LogP contribution in [0, 0.1) is 5.41 Å². The Labute approximate surface area is 129 Å². The van der Waals surface area contributed by atoms with Gasteiger partial charge in [-0.1, -0.05) is 6.42 Å². The number of rotatable bonds is 1. The van der Waals surface area contributed by atoms with Crippen LogP contribution in [-0.2, 0) is 16.0 Å². The summed E-state index contributed by atoms with van der Waals surface area (Å²) >= 11 is 0. The van der Waals surface area contributed by atoms with Crippen molar-refractivity contribution < 1.29 is 19.1 Å². The Morgan fingerprint density at radius 2 is 1.91 bits per heavy atom. The summed E-state index contributed by atoms with van der Waals surface area (Å²) in [6.07, 6.45) is 6.16. The number of carbonyl (C=O) groups excluding carboxylic acids is 2. The minimum atomic E-state index is -0.980. The Morgan fingerprint density at radius 1 is 1.14 bits per heavy atom. The van der Waals surface area contributed by atoms with Crippen molar-refractivity contribution in [1.82, 2.24) is 0 Å². The molecule has 1 aromatic carbocycles. The predicted octanol–water partition coefficient (Wildman–Crippen LogP) is 3.07. The molecule has 4 heteroatoms. The molecule has 0 bridgehead atoms. The number of fused-ring (bicyclic) bond motifs is 1. The lowest BCUT2D eigenvalue weighted by atomic mass is 9.72. The normalized spacial score (nSPS) is 29.0. The summed E-state index contributed by atoms with van der Waals surface area (Å²) in [5.41, 5.74) is 0.197. The van der Waals surface area contributed by atoms with Crippen LogP contribution in [0.3, 0.4) is 0 Å². The van der Waals surface area contributed by atoms with Crippen LogP contribution in [0.15, 0.2) is 18.2 Å². The molecule has 1 aromatic rings. The van der Waals surface area contributed by atoms with Crippen molar-refractivity contribution in [3.8, 4) is 5.75 Å². The molecule has 0 unspecified atom stereocenters. The number of hydrogen-bond donors (Lipinski definition) is 0. The largest absolute Gasteiger partial charge is 0.497 e. The number of ketones is 1. The van der Waals surface area contributed by atoms with Crippen molar-refractivity contribution in [2.75, 3.05) is 7.11 Å². The van der Waals surface area contributed by atoms with Gasteiger partial charge in [0, 0.05) is 12.0 Å². The van der Waals surface area contributed by atoms with Crippen molar-refractivity contribution in [2.45, 2.75) is 50.5 Å². The van der Waals surface area contributed by atoms with Crippen LogP contribution < -0.4 is 4.74 Å². The van der Waals surface area contributed by atoms with E-state index < -0.39 is 11.0 Å². The summed E-state index contributed by atoms with van der Waals surface area (Å²) in [4.78, 5) is 25.5. The third-order valence-corrected chi connectivity index (χ3v) is 5.57.